The molecule has 0 bridgehead atoms. The number of nitrogens with one attached hydrogen (secondary N) is 1. The van der Waals surface area contributed by atoms with Crippen LogP contribution in [-0.4, -0.2) is 34.9 Å². The molecule has 0 aliphatic rings. The lowest BCUT2D eigenvalue weighted by Gasteiger charge is -2.19. The first kappa shape index (κ1) is 76.3. The minimum absolute atomic E-state index is 0.0703. The van der Waals surface area contributed by atoms with Crippen molar-refractivity contribution in [2.24, 2.45) is 0 Å². The van der Waals surface area contributed by atoms with Crippen LogP contribution in [0.3, 0.4) is 0 Å². The van der Waals surface area contributed by atoms with Gasteiger partial charge < -0.3 is 15.5 Å². The molecule has 0 spiro atoms. The predicted octanol–water partition coefficient (Wildman–Crippen LogP) is 24.5. The Balaban J connectivity index is 3.42. The van der Waals surface area contributed by atoms with Crippen LogP contribution >= 0.6 is 0 Å². The van der Waals surface area contributed by atoms with Crippen molar-refractivity contribution >= 4 is 5.91 Å². The Morgan fingerprint density at radius 1 is 0.295 bits per heavy atom. The van der Waals surface area contributed by atoms with Gasteiger partial charge in [0.25, 0.3) is 0 Å². The quantitative estimate of drug-likeness (QED) is 0.0420. The van der Waals surface area contributed by atoms with E-state index >= 15 is 0 Å². The van der Waals surface area contributed by atoms with Gasteiger partial charge in [-0.1, -0.05) is 371 Å². The fourth-order valence-corrected chi connectivity index (χ4v) is 11.3. The standard InChI is InChI=1S/C74H141NO3/c1-3-5-7-9-11-13-15-17-19-21-23-25-27-29-30-31-32-33-34-35-36-37-38-39-40-41-42-43-44-46-48-50-52-54-56-58-60-62-64-66-68-70-74(78)75-72(71-76)73(77)69-67-65-63-61-59-57-55-53-51-49-47-45-28-26-24-22-20-18-16-14-12-10-8-6-4-2/h21,23,51,53,59,61,67,69,72-73,76-77H,3-20,22,24-50,52,54-58,60,62-66,68,70-71H2,1-2H3,(H,75,78)/b23-21-,53-51+,61-59+,69-67+. The van der Waals surface area contributed by atoms with Crippen LogP contribution in [0.5, 0.6) is 0 Å². The first-order valence-electron chi connectivity index (χ1n) is 35.9. The molecule has 0 saturated heterocycles. The smallest absolute Gasteiger partial charge is 0.220 e. The van der Waals surface area contributed by atoms with E-state index in [9.17, 15) is 15.0 Å². The SMILES string of the molecule is CCCCCCCCCC/C=C\CCCCCCCCCCCCCCCCCCCCCCCCCCCCCCCC(=O)NC(CO)C(O)/C=C/CC/C=C/CC/C=C/CCCCCCCCCCCCCCCCC. The highest BCUT2D eigenvalue weighted by molar-refractivity contribution is 5.76. The summed E-state index contributed by atoms with van der Waals surface area (Å²) in [5, 5.41) is 23.2. The monoisotopic (exact) mass is 1090 g/mol. The number of aliphatic hydroxyl groups is 2. The first-order valence-corrected chi connectivity index (χ1v) is 35.9. The van der Waals surface area contributed by atoms with Crippen molar-refractivity contribution < 1.29 is 15.0 Å². The predicted molar refractivity (Wildman–Crippen MR) is 350 cm³/mol. The summed E-state index contributed by atoms with van der Waals surface area (Å²) in [7, 11) is 0. The molecule has 2 atom stereocenters. The summed E-state index contributed by atoms with van der Waals surface area (Å²) < 4.78 is 0. The molecule has 0 aromatic rings. The third-order valence-corrected chi connectivity index (χ3v) is 16.8. The van der Waals surface area contributed by atoms with Gasteiger partial charge in [-0.15, -0.1) is 0 Å². The molecule has 0 fully saturated rings. The maximum Gasteiger partial charge on any atom is 0.220 e. The Hall–Kier alpha value is -1.65. The zero-order valence-corrected chi connectivity index (χ0v) is 53.2. The molecule has 0 rings (SSSR count). The third-order valence-electron chi connectivity index (χ3n) is 16.8. The van der Waals surface area contributed by atoms with Gasteiger partial charge >= 0.3 is 0 Å². The molecule has 0 radical (unpaired) electrons. The highest BCUT2D eigenvalue weighted by atomic mass is 16.3. The fourth-order valence-electron chi connectivity index (χ4n) is 11.3. The molecule has 0 saturated carbocycles. The lowest BCUT2D eigenvalue weighted by atomic mass is 10.0. The highest BCUT2D eigenvalue weighted by Gasteiger charge is 2.18. The van der Waals surface area contributed by atoms with Crippen molar-refractivity contribution in [3.05, 3.63) is 48.6 Å². The number of amides is 1. The molecule has 0 aromatic heterocycles. The molecule has 4 nitrogen and oxygen atoms in total. The molecule has 1 amide bonds. The molecule has 0 aromatic carbocycles. The summed E-state index contributed by atoms with van der Waals surface area (Å²) >= 11 is 0. The van der Waals surface area contributed by atoms with E-state index in [-0.39, 0.29) is 12.5 Å². The number of hydrogen-bond donors (Lipinski definition) is 3. The maximum atomic E-state index is 12.5. The second-order valence-corrected chi connectivity index (χ2v) is 24.6. The molecule has 0 aliphatic carbocycles. The van der Waals surface area contributed by atoms with Gasteiger partial charge in [-0.25, -0.2) is 0 Å². The zero-order chi connectivity index (χ0) is 56.2. The van der Waals surface area contributed by atoms with E-state index in [0.29, 0.717) is 6.42 Å². The van der Waals surface area contributed by atoms with E-state index in [1.165, 1.54) is 340 Å². The van der Waals surface area contributed by atoms with E-state index in [1.807, 2.05) is 6.08 Å². The summed E-state index contributed by atoms with van der Waals surface area (Å²) in [4.78, 5) is 12.5. The van der Waals surface area contributed by atoms with Gasteiger partial charge in [-0.05, 0) is 70.6 Å². The van der Waals surface area contributed by atoms with Crippen LogP contribution in [-0.2, 0) is 4.79 Å². The van der Waals surface area contributed by atoms with Gasteiger partial charge in [0.05, 0.1) is 18.8 Å². The van der Waals surface area contributed by atoms with E-state index in [4.69, 9.17) is 0 Å². The Morgan fingerprint density at radius 3 is 0.744 bits per heavy atom. The van der Waals surface area contributed by atoms with Gasteiger partial charge in [0, 0.05) is 6.42 Å². The van der Waals surface area contributed by atoms with Crippen molar-refractivity contribution in [3.8, 4) is 0 Å². The molecule has 460 valence electrons. The average Bonchev–Trinajstić information content (AvgIpc) is 3.44. The number of aliphatic hydroxyl groups excluding tert-OH is 2. The highest BCUT2D eigenvalue weighted by Crippen LogP contribution is 2.19. The summed E-state index contributed by atoms with van der Waals surface area (Å²) in [5.74, 6) is -0.0703. The van der Waals surface area contributed by atoms with Crippen molar-refractivity contribution in [1.29, 1.82) is 0 Å². The van der Waals surface area contributed by atoms with Crippen molar-refractivity contribution in [2.75, 3.05) is 6.61 Å². The summed E-state index contributed by atoms with van der Waals surface area (Å²) in [6.07, 6.45) is 97.9. The van der Waals surface area contributed by atoms with E-state index in [0.717, 1.165) is 38.5 Å². The Kier molecular flexibility index (Phi) is 68.1. The van der Waals surface area contributed by atoms with Crippen LogP contribution in [0.2, 0.25) is 0 Å². The van der Waals surface area contributed by atoms with Gasteiger partial charge in [0.2, 0.25) is 5.91 Å². The topological polar surface area (TPSA) is 69.6 Å². The van der Waals surface area contributed by atoms with Gasteiger partial charge in [-0.3, -0.25) is 4.79 Å². The Bertz CT molecular complexity index is 1240. The van der Waals surface area contributed by atoms with Crippen LogP contribution in [0.15, 0.2) is 48.6 Å². The maximum absolute atomic E-state index is 12.5. The minimum Gasteiger partial charge on any atom is -0.394 e. The van der Waals surface area contributed by atoms with Gasteiger partial charge in [0.15, 0.2) is 0 Å². The average molecular weight is 1090 g/mol. The van der Waals surface area contributed by atoms with Crippen LogP contribution < -0.4 is 5.32 Å². The van der Waals surface area contributed by atoms with Crippen LogP contribution in [0, 0.1) is 0 Å². The van der Waals surface area contributed by atoms with Gasteiger partial charge in [0.1, 0.15) is 0 Å². The molecule has 3 N–H and O–H groups in total. The number of unbranched alkanes of at least 4 members (excludes halogenated alkanes) is 54. The van der Waals surface area contributed by atoms with Crippen molar-refractivity contribution in [2.45, 2.75) is 411 Å². The second-order valence-electron chi connectivity index (χ2n) is 24.6. The second kappa shape index (κ2) is 69.6. The molecule has 78 heavy (non-hydrogen) atoms. The summed E-state index contributed by atoms with van der Waals surface area (Å²) in [6, 6.07) is -0.646. The normalized spacial score (nSPS) is 12.9. The molecular formula is C74H141NO3. The minimum atomic E-state index is -0.871. The Morgan fingerprint density at radius 2 is 0.500 bits per heavy atom. The number of rotatable bonds is 67. The number of carbonyl (C=O) groups is 1. The number of hydrogen-bond acceptors (Lipinski definition) is 3. The fraction of sp³-hybridized carbons (Fsp3) is 0.878. The molecular weight excluding hydrogens is 951 g/mol. The van der Waals surface area contributed by atoms with Crippen LogP contribution in [0.1, 0.15) is 399 Å². The van der Waals surface area contributed by atoms with Crippen molar-refractivity contribution in [3.63, 3.8) is 0 Å². The van der Waals surface area contributed by atoms with E-state index in [1.54, 1.807) is 6.08 Å². The van der Waals surface area contributed by atoms with Gasteiger partial charge in [-0.2, -0.15) is 0 Å². The third kappa shape index (κ3) is 65.2. The summed E-state index contributed by atoms with van der Waals surface area (Å²) in [6.45, 7) is 4.33. The molecule has 4 heteroatoms. The molecule has 0 aliphatic heterocycles. The van der Waals surface area contributed by atoms with Crippen LogP contribution in [0.25, 0.3) is 0 Å². The largest absolute Gasteiger partial charge is 0.394 e. The Labute approximate surface area is 490 Å². The van der Waals surface area contributed by atoms with E-state index in [2.05, 4.69) is 55.6 Å². The summed E-state index contributed by atoms with van der Waals surface area (Å²) in [5.41, 5.74) is 0. The van der Waals surface area contributed by atoms with Crippen molar-refractivity contribution in [1.82, 2.24) is 5.32 Å². The lowest BCUT2D eigenvalue weighted by molar-refractivity contribution is -0.123. The lowest BCUT2D eigenvalue weighted by Crippen LogP contribution is -2.45. The number of allylic oxidation sites excluding steroid dienone is 7. The molecule has 0 heterocycles. The zero-order valence-electron chi connectivity index (χ0n) is 53.2. The molecule has 2 unspecified atom stereocenters. The number of carbonyl (C=O) groups excluding carboxylic acids is 1. The van der Waals surface area contributed by atoms with E-state index < -0.39 is 12.1 Å². The first-order chi connectivity index (χ1) is 38.7. The van der Waals surface area contributed by atoms with Crippen LogP contribution in [0.4, 0.5) is 0 Å².